The predicted octanol–water partition coefficient (Wildman–Crippen LogP) is 1.31. The summed E-state index contributed by atoms with van der Waals surface area (Å²) in [4.78, 5) is 5.39. The van der Waals surface area contributed by atoms with E-state index in [1.165, 1.54) is 4.88 Å². The number of nitrogens with one attached hydrogen (secondary N) is 1. The van der Waals surface area contributed by atoms with Gasteiger partial charge in [0.25, 0.3) is 0 Å². The van der Waals surface area contributed by atoms with Crippen molar-refractivity contribution < 1.29 is 5.11 Å². The first-order chi connectivity index (χ1) is 6.26. The van der Waals surface area contributed by atoms with Crippen LogP contribution in [0.3, 0.4) is 0 Å². The Bertz CT molecular complexity index is 246. The second-order valence-corrected chi connectivity index (χ2v) is 4.33. The maximum Gasteiger partial charge on any atom is 0.0897 e. The van der Waals surface area contributed by atoms with E-state index in [9.17, 15) is 0 Å². The van der Waals surface area contributed by atoms with E-state index in [2.05, 4.69) is 17.2 Å². The van der Waals surface area contributed by atoms with E-state index >= 15 is 0 Å². The first kappa shape index (κ1) is 10.6. The van der Waals surface area contributed by atoms with Gasteiger partial charge in [0.1, 0.15) is 0 Å². The number of aliphatic hydroxyl groups is 1. The minimum atomic E-state index is 0.203. The van der Waals surface area contributed by atoms with Crippen LogP contribution in [-0.2, 0) is 6.54 Å². The van der Waals surface area contributed by atoms with E-state index in [1.54, 1.807) is 11.3 Å². The zero-order valence-electron chi connectivity index (χ0n) is 8.08. The molecule has 2 N–H and O–H groups in total. The molecule has 0 bridgehead atoms. The second kappa shape index (κ2) is 5.32. The summed E-state index contributed by atoms with van der Waals surface area (Å²) in [5.74, 6) is 0. The molecular formula is C9H16N2OS. The summed E-state index contributed by atoms with van der Waals surface area (Å²) < 4.78 is 0. The molecule has 0 radical (unpaired) electrons. The summed E-state index contributed by atoms with van der Waals surface area (Å²) in [5.41, 5.74) is 0. The molecule has 0 fully saturated rings. The molecule has 1 rings (SSSR count). The first-order valence-corrected chi connectivity index (χ1v) is 5.33. The van der Waals surface area contributed by atoms with Gasteiger partial charge in [-0.1, -0.05) is 6.92 Å². The van der Waals surface area contributed by atoms with Gasteiger partial charge in [0.2, 0.25) is 0 Å². The summed E-state index contributed by atoms with van der Waals surface area (Å²) >= 11 is 1.70. The Labute approximate surface area is 82.8 Å². The van der Waals surface area contributed by atoms with Gasteiger partial charge >= 0.3 is 0 Å². The molecule has 0 amide bonds. The molecule has 13 heavy (non-hydrogen) atoms. The number of aliphatic hydroxyl groups excluding tert-OH is 1. The molecule has 0 aliphatic carbocycles. The Hall–Kier alpha value is -0.450. The summed E-state index contributed by atoms with van der Waals surface area (Å²) in [7, 11) is 0. The summed E-state index contributed by atoms with van der Waals surface area (Å²) in [6.45, 7) is 5.07. The van der Waals surface area contributed by atoms with Crippen LogP contribution in [0.5, 0.6) is 0 Å². The molecule has 0 unspecified atom stereocenters. The normalized spacial score (nSPS) is 13.2. The number of aryl methyl sites for hydroxylation is 1. The molecule has 0 aliphatic rings. The third-order valence-electron chi connectivity index (χ3n) is 1.95. The molecule has 0 saturated carbocycles. The fourth-order valence-corrected chi connectivity index (χ4v) is 1.82. The van der Waals surface area contributed by atoms with E-state index in [4.69, 9.17) is 5.11 Å². The van der Waals surface area contributed by atoms with Gasteiger partial charge in [0.05, 0.1) is 11.6 Å². The second-order valence-electron chi connectivity index (χ2n) is 3.01. The van der Waals surface area contributed by atoms with Crippen LogP contribution < -0.4 is 5.32 Å². The topological polar surface area (TPSA) is 45.1 Å². The van der Waals surface area contributed by atoms with Gasteiger partial charge in [-0.2, -0.15) is 0 Å². The molecule has 1 heterocycles. The van der Waals surface area contributed by atoms with E-state index < -0.39 is 0 Å². The van der Waals surface area contributed by atoms with Crippen LogP contribution >= 0.6 is 11.3 Å². The number of hydrogen-bond acceptors (Lipinski definition) is 4. The number of thiazole rings is 1. The smallest absolute Gasteiger partial charge is 0.0897 e. The molecule has 74 valence electrons. The Kier molecular flexibility index (Phi) is 4.35. The maximum absolute atomic E-state index is 8.93. The van der Waals surface area contributed by atoms with Gasteiger partial charge in [0, 0.05) is 23.7 Å². The lowest BCUT2D eigenvalue weighted by Crippen LogP contribution is -2.30. The molecule has 0 spiro atoms. The highest BCUT2D eigenvalue weighted by atomic mass is 32.1. The Morgan fingerprint density at radius 1 is 1.69 bits per heavy atom. The Morgan fingerprint density at radius 2 is 2.46 bits per heavy atom. The largest absolute Gasteiger partial charge is 0.395 e. The molecule has 1 atom stereocenters. The predicted molar refractivity (Wildman–Crippen MR) is 54.9 cm³/mol. The zero-order valence-corrected chi connectivity index (χ0v) is 8.90. The highest BCUT2D eigenvalue weighted by Gasteiger charge is 2.04. The lowest BCUT2D eigenvalue weighted by molar-refractivity contribution is 0.238. The van der Waals surface area contributed by atoms with Gasteiger partial charge in [-0.05, 0) is 13.3 Å². The number of rotatable bonds is 5. The molecule has 0 aliphatic heterocycles. The van der Waals surface area contributed by atoms with Gasteiger partial charge in [0.15, 0.2) is 0 Å². The van der Waals surface area contributed by atoms with Crippen LogP contribution in [0.25, 0.3) is 0 Å². The van der Waals surface area contributed by atoms with Crippen molar-refractivity contribution in [3.63, 3.8) is 0 Å². The van der Waals surface area contributed by atoms with Crippen LogP contribution in [0.4, 0.5) is 0 Å². The lowest BCUT2D eigenvalue weighted by atomic mass is 10.2. The Balaban J connectivity index is 2.33. The number of hydrogen-bond donors (Lipinski definition) is 2. The number of aromatic nitrogens is 1. The van der Waals surface area contributed by atoms with Gasteiger partial charge in [-0.15, -0.1) is 11.3 Å². The zero-order chi connectivity index (χ0) is 9.68. The molecule has 1 aromatic rings. The monoisotopic (exact) mass is 200 g/mol. The van der Waals surface area contributed by atoms with Crippen molar-refractivity contribution in [2.75, 3.05) is 6.61 Å². The van der Waals surface area contributed by atoms with Crippen molar-refractivity contribution in [2.24, 2.45) is 0 Å². The lowest BCUT2D eigenvalue weighted by Gasteiger charge is -2.12. The number of nitrogens with zero attached hydrogens (tertiary/aromatic N) is 1. The standard InChI is InChI=1S/C9H16N2OS/c1-3-8(6-12)11-5-9-4-10-7(2)13-9/h4,8,11-12H,3,5-6H2,1-2H3/t8-/m0/s1. The molecule has 1 aromatic heterocycles. The van der Waals surface area contributed by atoms with Crippen LogP contribution in [0.2, 0.25) is 0 Å². The van der Waals surface area contributed by atoms with Crippen molar-refractivity contribution in [3.8, 4) is 0 Å². The minimum absolute atomic E-state index is 0.203. The fraction of sp³-hybridized carbons (Fsp3) is 0.667. The quantitative estimate of drug-likeness (QED) is 0.753. The van der Waals surface area contributed by atoms with E-state index in [0.29, 0.717) is 0 Å². The van der Waals surface area contributed by atoms with Crippen LogP contribution in [-0.4, -0.2) is 22.7 Å². The molecule has 3 nitrogen and oxygen atoms in total. The highest BCUT2D eigenvalue weighted by Crippen LogP contribution is 2.11. The molecule has 4 heteroatoms. The molecule has 0 aromatic carbocycles. The van der Waals surface area contributed by atoms with E-state index in [-0.39, 0.29) is 12.6 Å². The maximum atomic E-state index is 8.93. The van der Waals surface area contributed by atoms with Crippen molar-refractivity contribution in [1.82, 2.24) is 10.3 Å². The van der Waals surface area contributed by atoms with E-state index in [1.807, 2.05) is 13.1 Å². The van der Waals surface area contributed by atoms with Crippen LogP contribution in [0.1, 0.15) is 23.2 Å². The van der Waals surface area contributed by atoms with Crippen molar-refractivity contribution in [1.29, 1.82) is 0 Å². The molecule has 0 saturated heterocycles. The van der Waals surface area contributed by atoms with Gasteiger partial charge < -0.3 is 10.4 Å². The average molecular weight is 200 g/mol. The summed E-state index contributed by atoms with van der Waals surface area (Å²) in [5, 5.41) is 13.3. The Morgan fingerprint density at radius 3 is 2.92 bits per heavy atom. The van der Waals surface area contributed by atoms with E-state index in [0.717, 1.165) is 18.0 Å². The fourth-order valence-electron chi connectivity index (χ4n) is 1.07. The van der Waals surface area contributed by atoms with Crippen molar-refractivity contribution in [3.05, 3.63) is 16.1 Å². The molecular weight excluding hydrogens is 184 g/mol. The summed E-state index contributed by atoms with van der Waals surface area (Å²) in [6, 6.07) is 0.211. The van der Waals surface area contributed by atoms with Crippen molar-refractivity contribution >= 4 is 11.3 Å². The van der Waals surface area contributed by atoms with Gasteiger partial charge in [-0.25, -0.2) is 4.98 Å². The first-order valence-electron chi connectivity index (χ1n) is 4.51. The highest BCUT2D eigenvalue weighted by molar-refractivity contribution is 7.11. The van der Waals surface area contributed by atoms with Crippen molar-refractivity contribution in [2.45, 2.75) is 32.9 Å². The SMILES string of the molecule is CC[C@@H](CO)NCc1cnc(C)s1. The third-order valence-corrected chi connectivity index (χ3v) is 2.86. The summed E-state index contributed by atoms with van der Waals surface area (Å²) in [6.07, 6.45) is 2.84. The minimum Gasteiger partial charge on any atom is -0.395 e. The van der Waals surface area contributed by atoms with Gasteiger partial charge in [-0.3, -0.25) is 0 Å². The third kappa shape index (κ3) is 3.42. The average Bonchev–Trinajstić information content (AvgIpc) is 2.53. The van der Waals surface area contributed by atoms with Crippen LogP contribution in [0.15, 0.2) is 6.20 Å². The van der Waals surface area contributed by atoms with Crippen LogP contribution in [0, 0.1) is 6.92 Å².